The molecule has 2 nitrogen and oxygen atoms in total. The van der Waals surface area contributed by atoms with Crippen LogP contribution in [0.25, 0.3) is 0 Å². The van der Waals surface area contributed by atoms with Crippen molar-refractivity contribution in [2.75, 3.05) is 7.11 Å². The highest BCUT2D eigenvalue weighted by Crippen LogP contribution is 2.31. The van der Waals surface area contributed by atoms with Crippen LogP contribution >= 0.6 is 15.9 Å². The fraction of sp³-hybridized carbons (Fsp3) is 0.571. The molecule has 1 atom stereocenters. The Labute approximate surface area is 112 Å². The number of aliphatic hydroxyl groups excluding tert-OH is 1. The molecule has 0 radical (unpaired) electrons. The Balaban J connectivity index is 2.78. The third-order valence-electron chi connectivity index (χ3n) is 2.75. The van der Waals surface area contributed by atoms with Crippen LogP contribution in [0.3, 0.4) is 0 Å². The molecule has 96 valence electrons. The zero-order valence-electron chi connectivity index (χ0n) is 11.0. The molecule has 0 amide bonds. The monoisotopic (exact) mass is 300 g/mol. The van der Waals surface area contributed by atoms with Gasteiger partial charge in [0.25, 0.3) is 0 Å². The van der Waals surface area contributed by atoms with E-state index in [2.05, 4.69) is 41.9 Å². The van der Waals surface area contributed by atoms with E-state index in [0.29, 0.717) is 0 Å². The highest BCUT2D eigenvalue weighted by molar-refractivity contribution is 9.10. The van der Waals surface area contributed by atoms with Crippen molar-refractivity contribution < 1.29 is 9.84 Å². The molecular formula is C14H21BrO2. The number of benzene rings is 1. The van der Waals surface area contributed by atoms with E-state index in [1.165, 1.54) is 5.56 Å². The Kier molecular flexibility index (Phi) is 5.02. The van der Waals surface area contributed by atoms with Gasteiger partial charge in [-0.25, -0.2) is 0 Å². The summed E-state index contributed by atoms with van der Waals surface area (Å²) in [5.41, 5.74) is 1.35. The van der Waals surface area contributed by atoms with Crippen LogP contribution in [0.4, 0.5) is 0 Å². The minimum Gasteiger partial charge on any atom is -0.496 e. The molecule has 0 heterocycles. The van der Waals surface area contributed by atoms with E-state index in [1.807, 2.05) is 13.0 Å². The Hall–Kier alpha value is -0.540. The van der Waals surface area contributed by atoms with Crippen LogP contribution in [-0.4, -0.2) is 18.3 Å². The standard InChI is InChI=1S/C14H21BrO2/c1-10(16)8-14(2,3)9-11-5-6-13(17-4)12(15)7-11/h5-7,10,16H,8-9H2,1-4H3. The van der Waals surface area contributed by atoms with Crippen LogP contribution in [0.1, 0.15) is 32.8 Å². The minimum absolute atomic E-state index is 0.0994. The third-order valence-corrected chi connectivity index (χ3v) is 3.37. The van der Waals surface area contributed by atoms with Crippen LogP contribution in [0.15, 0.2) is 22.7 Å². The summed E-state index contributed by atoms with van der Waals surface area (Å²) in [5.74, 6) is 0.849. The lowest BCUT2D eigenvalue weighted by molar-refractivity contribution is 0.129. The summed E-state index contributed by atoms with van der Waals surface area (Å²) in [5, 5.41) is 9.47. The van der Waals surface area contributed by atoms with Crippen molar-refractivity contribution in [3.63, 3.8) is 0 Å². The molecule has 1 aromatic rings. The molecule has 0 aromatic heterocycles. The van der Waals surface area contributed by atoms with Crippen molar-refractivity contribution in [3.05, 3.63) is 28.2 Å². The van der Waals surface area contributed by atoms with Crippen LogP contribution in [0.5, 0.6) is 5.75 Å². The summed E-state index contributed by atoms with van der Waals surface area (Å²) in [6, 6.07) is 6.13. The van der Waals surface area contributed by atoms with Crippen LogP contribution in [0, 0.1) is 5.41 Å². The predicted molar refractivity (Wildman–Crippen MR) is 74.5 cm³/mol. The summed E-state index contributed by atoms with van der Waals surface area (Å²) in [4.78, 5) is 0. The second-order valence-corrected chi connectivity index (χ2v) is 6.22. The van der Waals surface area contributed by atoms with E-state index < -0.39 is 0 Å². The molecule has 1 N–H and O–H groups in total. The van der Waals surface area contributed by atoms with Gasteiger partial charge in [0.1, 0.15) is 5.75 Å². The fourth-order valence-electron chi connectivity index (χ4n) is 2.24. The molecule has 0 saturated heterocycles. The highest BCUT2D eigenvalue weighted by atomic mass is 79.9. The molecule has 1 rings (SSSR count). The number of ether oxygens (including phenoxy) is 1. The normalized spacial score (nSPS) is 13.5. The van der Waals surface area contributed by atoms with Gasteiger partial charge in [0.05, 0.1) is 17.7 Å². The first kappa shape index (κ1) is 14.5. The summed E-state index contributed by atoms with van der Waals surface area (Å²) in [6.45, 7) is 6.20. The first-order valence-corrected chi connectivity index (χ1v) is 6.64. The summed E-state index contributed by atoms with van der Waals surface area (Å²) in [6.07, 6.45) is 1.49. The number of halogens is 1. The summed E-state index contributed by atoms with van der Waals surface area (Å²) in [7, 11) is 1.66. The maximum atomic E-state index is 9.47. The van der Waals surface area contributed by atoms with E-state index in [9.17, 15) is 5.11 Å². The zero-order valence-corrected chi connectivity index (χ0v) is 12.5. The Bertz CT molecular complexity index is 372. The van der Waals surface area contributed by atoms with Crippen molar-refractivity contribution in [2.45, 2.75) is 39.7 Å². The largest absolute Gasteiger partial charge is 0.496 e. The van der Waals surface area contributed by atoms with Crippen molar-refractivity contribution in [1.82, 2.24) is 0 Å². The number of rotatable bonds is 5. The Morgan fingerprint density at radius 3 is 2.53 bits per heavy atom. The smallest absolute Gasteiger partial charge is 0.133 e. The molecule has 1 unspecified atom stereocenters. The van der Waals surface area contributed by atoms with Gasteiger partial charge in [0.2, 0.25) is 0 Å². The first-order chi connectivity index (χ1) is 7.84. The van der Waals surface area contributed by atoms with Crippen molar-refractivity contribution in [3.8, 4) is 5.75 Å². The van der Waals surface area contributed by atoms with E-state index in [4.69, 9.17) is 4.74 Å². The van der Waals surface area contributed by atoms with Gasteiger partial charge in [-0.05, 0) is 58.8 Å². The molecule has 1 aromatic carbocycles. The molecule has 0 saturated carbocycles. The topological polar surface area (TPSA) is 29.5 Å². The van der Waals surface area contributed by atoms with E-state index in [-0.39, 0.29) is 11.5 Å². The summed E-state index contributed by atoms with van der Waals surface area (Å²) < 4.78 is 6.18. The van der Waals surface area contributed by atoms with Gasteiger partial charge in [-0.15, -0.1) is 0 Å². The second-order valence-electron chi connectivity index (χ2n) is 5.36. The van der Waals surface area contributed by atoms with E-state index in [1.54, 1.807) is 7.11 Å². The van der Waals surface area contributed by atoms with E-state index in [0.717, 1.165) is 23.1 Å². The van der Waals surface area contributed by atoms with Crippen LogP contribution in [0.2, 0.25) is 0 Å². The van der Waals surface area contributed by atoms with Crippen molar-refractivity contribution in [1.29, 1.82) is 0 Å². The second kappa shape index (κ2) is 5.87. The maximum absolute atomic E-state index is 9.47. The number of hydrogen-bond acceptors (Lipinski definition) is 2. The molecule has 17 heavy (non-hydrogen) atoms. The lowest BCUT2D eigenvalue weighted by Crippen LogP contribution is -2.21. The maximum Gasteiger partial charge on any atom is 0.133 e. The molecule has 0 aliphatic heterocycles. The number of hydrogen-bond donors (Lipinski definition) is 1. The summed E-state index contributed by atoms with van der Waals surface area (Å²) >= 11 is 3.49. The molecule has 0 aliphatic rings. The Morgan fingerprint density at radius 2 is 2.06 bits per heavy atom. The van der Waals surface area contributed by atoms with Gasteiger partial charge in [-0.3, -0.25) is 0 Å². The van der Waals surface area contributed by atoms with E-state index >= 15 is 0 Å². The van der Waals surface area contributed by atoms with Gasteiger partial charge in [0, 0.05) is 0 Å². The predicted octanol–water partition coefficient (Wildman–Crippen LogP) is 3.80. The molecule has 3 heteroatoms. The van der Waals surface area contributed by atoms with Gasteiger partial charge >= 0.3 is 0 Å². The fourth-order valence-corrected chi connectivity index (χ4v) is 2.83. The van der Waals surface area contributed by atoms with Crippen LogP contribution in [-0.2, 0) is 6.42 Å². The Morgan fingerprint density at radius 1 is 1.41 bits per heavy atom. The molecule has 0 aliphatic carbocycles. The van der Waals surface area contributed by atoms with Crippen molar-refractivity contribution >= 4 is 15.9 Å². The molecule has 0 fully saturated rings. The molecule has 0 bridgehead atoms. The average Bonchev–Trinajstić information content (AvgIpc) is 2.14. The van der Waals surface area contributed by atoms with Crippen molar-refractivity contribution in [2.24, 2.45) is 5.41 Å². The lowest BCUT2D eigenvalue weighted by Gasteiger charge is -2.26. The molecule has 0 spiro atoms. The van der Waals surface area contributed by atoms with Gasteiger partial charge in [-0.2, -0.15) is 0 Å². The van der Waals surface area contributed by atoms with Gasteiger partial charge in [-0.1, -0.05) is 19.9 Å². The average molecular weight is 301 g/mol. The third kappa shape index (κ3) is 4.68. The number of aliphatic hydroxyl groups is 1. The zero-order chi connectivity index (χ0) is 13.1. The van der Waals surface area contributed by atoms with Gasteiger partial charge < -0.3 is 9.84 Å². The highest BCUT2D eigenvalue weighted by Gasteiger charge is 2.21. The van der Waals surface area contributed by atoms with Crippen LogP contribution < -0.4 is 4.74 Å². The molecular weight excluding hydrogens is 280 g/mol. The van der Waals surface area contributed by atoms with Gasteiger partial charge in [0.15, 0.2) is 0 Å². The number of methoxy groups -OCH3 is 1. The quantitative estimate of drug-likeness (QED) is 0.896. The SMILES string of the molecule is COc1ccc(CC(C)(C)CC(C)O)cc1Br. The minimum atomic E-state index is -0.258. The lowest BCUT2D eigenvalue weighted by atomic mass is 9.81. The first-order valence-electron chi connectivity index (χ1n) is 5.84.